The second-order valence-electron chi connectivity index (χ2n) is 5.38. The van der Waals surface area contributed by atoms with Gasteiger partial charge in [0.2, 0.25) is 11.8 Å². The lowest BCUT2D eigenvalue weighted by atomic mass is 10.1. The van der Waals surface area contributed by atoms with Crippen LogP contribution < -0.4 is 10.6 Å². The lowest BCUT2D eigenvalue weighted by molar-refractivity contribution is -0.129. The van der Waals surface area contributed by atoms with E-state index in [0.717, 1.165) is 18.5 Å². The first-order valence-electron chi connectivity index (χ1n) is 7.24. The molecule has 0 aliphatic rings. The SMILES string of the molecule is CC(NC(=O)CC(=O)NCCCN(C)C)c1ccccc1. The normalized spacial score (nSPS) is 12.0. The third-order valence-corrected chi connectivity index (χ3v) is 3.10. The molecule has 5 heteroatoms. The van der Waals surface area contributed by atoms with Gasteiger partial charge in [-0.1, -0.05) is 30.3 Å². The van der Waals surface area contributed by atoms with E-state index in [-0.39, 0.29) is 24.3 Å². The van der Waals surface area contributed by atoms with Gasteiger partial charge in [-0.25, -0.2) is 0 Å². The van der Waals surface area contributed by atoms with Crippen LogP contribution in [0.5, 0.6) is 0 Å². The number of carbonyl (C=O) groups excluding carboxylic acids is 2. The van der Waals surface area contributed by atoms with E-state index < -0.39 is 0 Å². The molecule has 1 atom stereocenters. The van der Waals surface area contributed by atoms with Crippen LogP contribution in [0.15, 0.2) is 30.3 Å². The molecular weight excluding hydrogens is 266 g/mol. The van der Waals surface area contributed by atoms with Gasteiger partial charge in [0.25, 0.3) is 0 Å². The van der Waals surface area contributed by atoms with Crippen molar-refractivity contribution in [2.24, 2.45) is 0 Å². The molecule has 0 fully saturated rings. The van der Waals surface area contributed by atoms with Crippen LogP contribution in [0.2, 0.25) is 0 Å². The minimum absolute atomic E-state index is 0.0970. The van der Waals surface area contributed by atoms with Gasteiger partial charge >= 0.3 is 0 Å². The maximum Gasteiger partial charge on any atom is 0.229 e. The summed E-state index contributed by atoms with van der Waals surface area (Å²) < 4.78 is 0. The highest BCUT2D eigenvalue weighted by molar-refractivity contribution is 5.96. The number of nitrogens with one attached hydrogen (secondary N) is 2. The van der Waals surface area contributed by atoms with Gasteiger partial charge in [-0.3, -0.25) is 9.59 Å². The van der Waals surface area contributed by atoms with E-state index >= 15 is 0 Å². The molecule has 1 aromatic rings. The molecule has 0 spiro atoms. The van der Waals surface area contributed by atoms with Crippen molar-refractivity contribution in [1.29, 1.82) is 0 Å². The quantitative estimate of drug-likeness (QED) is 0.561. The lowest BCUT2D eigenvalue weighted by Crippen LogP contribution is -2.34. The fraction of sp³-hybridized carbons (Fsp3) is 0.500. The number of nitrogens with zero attached hydrogens (tertiary/aromatic N) is 1. The molecule has 0 bridgehead atoms. The Morgan fingerprint density at radius 2 is 1.81 bits per heavy atom. The first kappa shape index (κ1) is 17.2. The number of rotatable bonds is 8. The Balaban J connectivity index is 2.25. The molecule has 1 unspecified atom stereocenters. The van der Waals surface area contributed by atoms with Crippen LogP contribution >= 0.6 is 0 Å². The Labute approximate surface area is 126 Å². The monoisotopic (exact) mass is 291 g/mol. The molecule has 1 aromatic carbocycles. The lowest BCUT2D eigenvalue weighted by Gasteiger charge is -2.14. The molecule has 0 saturated carbocycles. The van der Waals surface area contributed by atoms with Crippen LogP contribution in [0.25, 0.3) is 0 Å². The van der Waals surface area contributed by atoms with Crippen molar-refractivity contribution in [1.82, 2.24) is 15.5 Å². The topological polar surface area (TPSA) is 61.4 Å². The molecule has 21 heavy (non-hydrogen) atoms. The third-order valence-electron chi connectivity index (χ3n) is 3.10. The van der Waals surface area contributed by atoms with Crippen LogP contribution in [0.4, 0.5) is 0 Å². The molecule has 0 radical (unpaired) electrons. The van der Waals surface area contributed by atoms with Crippen LogP contribution in [0.1, 0.15) is 31.4 Å². The number of amides is 2. The van der Waals surface area contributed by atoms with Gasteiger partial charge in [-0.05, 0) is 39.5 Å². The fourth-order valence-electron chi connectivity index (χ4n) is 1.95. The molecule has 1 rings (SSSR count). The highest BCUT2D eigenvalue weighted by Gasteiger charge is 2.12. The van der Waals surface area contributed by atoms with E-state index in [4.69, 9.17) is 0 Å². The maximum absolute atomic E-state index is 11.8. The molecule has 0 heterocycles. The van der Waals surface area contributed by atoms with Crippen molar-refractivity contribution < 1.29 is 9.59 Å². The third kappa shape index (κ3) is 7.46. The zero-order valence-corrected chi connectivity index (χ0v) is 13.1. The van der Waals surface area contributed by atoms with Crippen molar-refractivity contribution in [2.75, 3.05) is 27.2 Å². The molecule has 0 saturated heterocycles. The van der Waals surface area contributed by atoms with Crippen molar-refractivity contribution in [3.8, 4) is 0 Å². The number of hydrogen-bond acceptors (Lipinski definition) is 3. The summed E-state index contributed by atoms with van der Waals surface area (Å²) in [6.07, 6.45) is 0.750. The van der Waals surface area contributed by atoms with Crippen LogP contribution in [-0.2, 0) is 9.59 Å². The van der Waals surface area contributed by atoms with Gasteiger partial charge in [0.1, 0.15) is 6.42 Å². The average molecular weight is 291 g/mol. The maximum atomic E-state index is 11.8. The van der Waals surface area contributed by atoms with Gasteiger partial charge in [-0.15, -0.1) is 0 Å². The van der Waals surface area contributed by atoms with Crippen molar-refractivity contribution >= 4 is 11.8 Å². The van der Waals surface area contributed by atoms with Crippen LogP contribution in [0, 0.1) is 0 Å². The molecule has 0 aliphatic heterocycles. The molecular formula is C16H25N3O2. The standard InChI is InChI=1S/C16H25N3O2/c1-13(14-8-5-4-6-9-14)18-16(21)12-15(20)17-10-7-11-19(2)3/h4-6,8-9,13H,7,10-12H2,1-3H3,(H,17,20)(H,18,21). The summed E-state index contributed by atoms with van der Waals surface area (Å²) >= 11 is 0. The van der Waals surface area contributed by atoms with Crippen molar-refractivity contribution in [2.45, 2.75) is 25.8 Å². The van der Waals surface area contributed by atoms with Gasteiger partial charge in [0.15, 0.2) is 0 Å². The van der Waals surface area contributed by atoms with Gasteiger partial charge in [-0.2, -0.15) is 0 Å². The zero-order valence-electron chi connectivity index (χ0n) is 13.1. The molecule has 5 nitrogen and oxygen atoms in total. The predicted molar refractivity (Wildman–Crippen MR) is 83.8 cm³/mol. The molecule has 0 aliphatic carbocycles. The minimum atomic E-state index is -0.253. The molecule has 2 amide bonds. The molecule has 0 aromatic heterocycles. The van der Waals surface area contributed by atoms with E-state index in [1.54, 1.807) is 0 Å². The minimum Gasteiger partial charge on any atom is -0.356 e. The summed E-state index contributed by atoms with van der Waals surface area (Å²) in [6, 6.07) is 9.59. The largest absolute Gasteiger partial charge is 0.356 e. The summed E-state index contributed by atoms with van der Waals surface area (Å²) in [7, 11) is 3.97. The van der Waals surface area contributed by atoms with E-state index in [2.05, 4.69) is 15.5 Å². The Kier molecular flexibility index (Phi) is 7.46. The Morgan fingerprint density at radius 3 is 2.43 bits per heavy atom. The Hall–Kier alpha value is -1.88. The summed E-state index contributed by atoms with van der Waals surface area (Å²) in [5.74, 6) is -0.483. The average Bonchev–Trinajstić information content (AvgIpc) is 2.44. The second-order valence-corrected chi connectivity index (χ2v) is 5.38. The predicted octanol–water partition coefficient (Wildman–Crippen LogP) is 1.32. The summed E-state index contributed by atoms with van der Waals surface area (Å²) in [5, 5.41) is 5.58. The molecule has 2 N–H and O–H groups in total. The van der Waals surface area contributed by atoms with Crippen LogP contribution in [0.3, 0.4) is 0 Å². The first-order chi connectivity index (χ1) is 9.99. The number of benzene rings is 1. The second kappa shape index (κ2) is 9.13. The van der Waals surface area contributed by atoms with E-state index in [1.165, 1.54) is 0 Å². The van der Waals surface area contributed by atoms with E-state index in [1.807, 2.05) is 51.4 Å². The zero-order chi connectivity index (χ0) is 15.7. The highest BCUT2D eigenvalue weighted by Crippen LogP contribution is 2.10. The van der Waals surface area contributed by atoms with Crippen LogP contribution in [-0.4, -0.2) is 43.9 Å². The van der Waals surface area contributed by atoms with E-state index in [9.17, 15) is 9.59 Å². The number of hydrogen-bond donors (Lipinski definition) is 2. The summed E-state index contributed by atoms with van der Waals surface area (Å²) in [4.78, 5) is 25.5. The highest BCUT2D eigenvalue weighted by atomic mass is 16.2. The van der Waals surface area contributed by atoms with E-state index in [0.29, 0.717) is 6.54 Å². The van der Waals surface area contributed by atoms with Gasteiger partial charge < -0.3 is 15.5 Å². The summed E-state index contributed by atoms with van der Waals surface area (Å²) in [5.41, 5.74) is 1.03. The number of carbonyl (C=O) groups is 2. The first-order valence-corrected chi connectivity index (χ1v) is 7.24. The fourth-order valence-corrected chi connectivity index (χ4v) is 1.95. The van der Waals surface area contributed by atoms with Gasteiger partial charge in [0.05, 0.1) is 6.04 Å². The smallest absolute Gasteiger partial charge is 0.229 e. The van der Waals surface area contributed by atoms with Crippen molar-refractivity contribution in [3.63, 3.8) is 0 Å². The molecule has 116 valence electrons. The summed E-state index contributed by atoms with van der Waals surface area (Å²) in [6.45, 7) is 3.41. The Bertz CT molecular complexity index is 446. The van der Waals surface area contributed by atoms with Crippen molar-refractivity contribution in [3.05, 3.63) is 35.9 Å². The van der Waals surface area contributed by atoms with Gasteiger partial charge in [0, 0.05) is 6.54 Å². The Morgan fingerprint density at radius 1 is 1.14 bits per heavy atom.